The van der Waals surface area contributed by atoms with Gasteiger partial charge < -0.3 is 19.5 Å². The molecule has 24 heavy (non-hydrogen) atoms. The molecule has 1 heterocycles. The number of carbonyl (C=O) groups is 3. The van der Waals surface area contributed by atoms with Crippen molar-refractivity contribution in [1.82, 2.24) is 10.6 Å². The minimum absolute atomic E-state index is 0.120. The number of hydrogen-bond donors (Lipinski definition) is 2. The Morgan fingerprint density at radius 3 is 2.75 bits per heavy atom. The second kappa shape index (κ2) is 8.39. The highest BCUT2D eigenvalue weighted by atomic mass is 35.5. The van der Waals surface area contributed by atoms with E-state index in [-0.39, 0.29) is 10.6 Å². The van der Waals surface area contributed by atoms with Crippen LogP contribution in [0.15, 0.2) is 12.1 Å². The van der Waals surface area contributed by atoms with Gasteiger partial charge in [0.2, 0.25) is 0 Å². The highest BCUT2D eigenvalue weighted by Gasteiger charge is 2.20. The Morgan fingerprint density at radius 2 is 2.00 bits per heavy atom. The van der Waals surface area contributed by atoms with E-state index in [1.165, 1.54) is 12.1 Å². The van der Waals surface area contributed by atoms with E-state index in [9.17, 15) is 14.4 Å². The molecule has 0 fully saturated rings. The Balaban J connectivity index is 1.97. The van der Waals surface area contributed by atoms with Crippen molar-refractivity contribution in [3.05, 3.63) is 22.7 Å². The van der Waals surface area contributed by atoms with Crippen LogP contribution in [0.3, 0.4) is 0 Å². The van der Waals surface area contributed by atoms with Gasteiger partial charge in [0.25, 0.3) is 5.91 Å². The highest BCUT2D eigenvalue weighted by molar-refractivity contribution is 6.32. The zero-order valence-corrected chi connectivity index (χ0v) is 13.8. The Morgan fingerprint density at radius 1 is 1.25 bits per heavy atom. The predicted octanol–water partition coefficient (Wildman–Crippen LogP) is 1.50. The molecule has 8 nitrogen and oxygen atoms in total. The summed E-state index contributed by atoms with van der Waals surface area (Å²) >= 11 is 6.09. The van der Waals surface area contributed by atoms with E-state index in [0.29, 0.717) is 37.7 Å². The smallest absolute Gasteiger partial charge is 0.338 e. The number of fused-ring (bicyclic) bond motifs is 1. The maximum atomic E-state index is 12.0. The first-order valence-corrected chi connectivity index (χ1v) is 7.73. The van der Waals surface area contributed by atoms with Gasteiger partial charge in [0.1, 0.15) is 0 Å². The summed E-state index contributed by atoms with van der Waals surface area (Å²) in [5.74, 6) is -0.785. The van der Waals surface area contributed by atoms with Crippen LogP contribution < -0.4 is 20.1 Å². The molecular weight excluding hydrogens is 340 g/mol. The summed E-state index contributed by atoms with van der Waals surface area (Å²) in [6, 6.07) is 2.16. The third-order valence-corrected chi connectivity index (χ3v) is 3.24. The normalized spacial score (nSPS) is 12.8. The number of nitrogens with one attached hydrogen (secondary N) is 2. The Hall–Kier alpha value is -2.48. The van der Waals surface area contributed by atoms with Gasteiger partial charge in [-0.15, -0.1) is 0 Å². The number of rotatable bonds is 4. The molecule has 0 unspecified atom stereocenters. The molecule has 0 aromatic heterocycles. The van der Waals surface area contributed by atoms with Crippen molar-refractivity contribution >= 4 is 29.5 Å². The predicted molar refractivity (Wildman–Crippen MR) is 84.6 cm³/mol. The average molecular weight is 357 g/mol. The second-order valence-corrected chi connectivity index (χ2v) is 5.23. The van der Waals surface area contributed by atoms with Gasteiger partial charge in [-0.25, -0.2) is 9.59 Å². The zero-order chi connectivity index (χ0) is 17.5. The van der Waals surface area contributed by atoms with Gasteiger partial charge in [-0.2, -0.15) is 0 Å². The largest absolute Gasteiger partial charge is 0.489 e. The molecule has 0 atom stereocenters. The second-order valence-electron chi connectivity index (χ2n) is 4.82. The third-order valence-electron chi connectivity index (χ3n) is 2.96. The molecule has 1 aliphatic rings. The first-order chi connectivity index (χ1) is 11.5. The van der Waals surface area contributed by atoms with E-state index < -0.39 is 24.5 Å². The fourth-order valence-electron chi connectivity index (χ4n) is 1.93. The lowest BCUT2D eigenvalue weighted by Crippen LogP contribution is -2.41. The van der Waals surface area contributed by atoms with Gasteiger partial charge in [0.15, 0.2) is 18.1 Å². The van der Waals surface area contributed by atoms with E-state index in [4.69, 9.17) is 25.8 Å². The van der Waals surface area contributed by atoms with Crippen molar-refractivity contribution < 1.29 is 28.6 Å². The number of amides is 3. The van der Waals surface area contributed by atoms with Crippen molar-refractivity contribution in [1.29, 1.82) is 0 Å². The van der Waals surface area contributed by atoms with Crippen LogP contribution in [0.4, 0.5) is 4.79 Å². The van der Waals surface area contributed by atoms with Crippen LogP contribution in [0, 0.1) is 0 Å². The zero-order valence-electron chi connectivity index (χ0n) is 13.0. The molecule has 1 aromatic rings. The molecule has 0 aliphatic carbocycles. The van der Waals surface area contributed by atoms with Crippen LogP contribution in [0.25, 0.3) is 0 Å². The molecule has 3 amide bonds. The molecule has 1 aromatic carbocycles. The fraction of sp³-hybridized carbons (Fsp3) is 0.400. The molecule has 9 heteroatoms. The summed E-state index contributed by atoms with van der Waals surface area (Å²) in [5, 5.41) is 4.62. The monoisotopic (exact) mass is 356 g/mol. The molecule has 0 saturated carbocycles. The summed E-state index contributed by atoms with van der Waals surface area (Å²) < 4.78 is 15.8. The Kier molecular flexibility index (Phi) is 6.25. The third kappa shape index (κ3) is 4.76. The van der Waals surface area contributed by atoms with E-state index in [1.807, 2.05) is 5.32 Å². The molecule has 1 aliphatic heterocycles. The molecule has 0 bridgehead atoms. The van der Waals surface area contributed by atoms with Crippen molar-refractivity contribution in [2.75, 3.05) is 26.4 Å². The number of hydrogen-bond acceptors (Lipinski definition) is 6. The van der Waals surface area contributed by atoms with Gasteiger partial charge in [-0.1, -0.05) is 11.6 Å². The lowest BCUT2D eigenvalue weighted by Gasteiger charge is -2.11. The number of esters is 1. The molecule has 0 saturated heterocycles. The number of ether oxygens (including phenoxy) is 3. The quantitative estimate of drug-likeness (QED) is 0.792. The van der Waals surface area contributed by atoms with Gasteiger partial charge in [-0.3, -0.25) is 10.1 Å². The Labute approximate surface area is 143 Å². The number of halogens is 1. The first-order valence-electron chi connectivity index (χ1n) is 7.35. The standard InChI is InChI=1S/C15H17ClN2O6/c1-2-17-15(21)18-12(19)8-24-14(20)9-6-10(16)13-11(7-9)22-4-3-5-23-13/h6-7H,2-5,8H2,1H3,(H2,17,18,19,21). The van der Waals surface area contributed by atoms with Crippen molar-refractivity contribution in [3.8, 4) is 11.5 Å². The number of carbonyl (C=O) groups excluding carboxylic acids is 3. The summed E-state index contributed by atoms with van der Waals surface area (Å²) in [6.07, 6.45) is 0.699. The van der Waals surface area contributed by atoms with E-state index in [0.717, 1.165) is 0 Å². The van der Waals surface area contributed by atoms with Crippen molar-refractivity contribution in [2.24, 2.45) is 0 Å². The van der Waals surface area contributed by atoms with Crippen LogP contribution >= 0.6 is 11.6 Å². The summed E-state index contributed by atoms with van der Waals surface area (Å²) in [6.45, 7) is 2.39. The van der Waals surface area contributed by atoms with Crippen LogP contribution in [0.1, 0.15) is 23.7 Å². The number of imide groups is 1. The van der Waals surface area contributed by atoms with E-state index in [1.54, 1.807) is 6.92 Å². The Bertz CT molecular complexity index is 649. The SMILES string of the molecule is CCNC(=O)NC(=O)COC(=O)c1cc(Cl)c2c(c1)OCCCO2. The maximum Gasteiger partial charge on any atom is 0.338 e. The first kappa shape index (κ1) is 17.9. The van der Waals surface area contributed by atoms with Gasteiger partial charge in [-0.05, 0) is 19.1 Å². The fourth-order valence-corrected chi connectivity index (χ4v) is 2.20. The summed E-state index contributed by atoms with van der Waals surface area (Å²) in [5.41, 5.74) is 0.120. The molecule has 0 radical (unpaired) electrons. The van der Waals surface area contributed by atoms with Gasteiger partial charge >= 0.3 is 12.0 Å². The van der Waals surface area contributed by atoms with E-state index in [2.05, 4.69) is 5.32 Å². The highest BCUT2D eigenvalue weighted by Crippen LogP contribution is 2.38. The molecule has 130 valence electrons. The van der Waals surface area contributed by atoms with E-state index >= 15 is 0 Å². The minimum atomic E-state index is -0.765. The van der Waals surface area contributed by atoms with Crippen molar-refractivity contribution in [3.63, 3.8) is 0 Å². The summed E-state index contributed by atoms with van der Waals surface area (Å²) in [4.78, 5) is 34.7. The molecule has 2 rings (SSSR count). The molecule has 0 spiro atoms. The van der Waals surface area contributed by atoms with Crippen LogP contribution in [-0.4, -0.2) is 44.3 Å². The lowest BCUT2D eigenvalue weighted by atomic mass is 10.2. The van der Waals surface area contributed by atoms with Crippen LogP contribution in [0.5, 0.6) is 11.5 Å². The minimum Gasteiger partial charge on any atom is -0.489 e. The van der Waals surface area contributed by atoms with Gasteiger partial charge in [0, 0.05) is 13.0 Å². The lowest BCUT2D eigenvalue weighted by molar-refractivity contribution is -0.123. The summed E-state index contributed by atoms with van der Waals surface area (Å²) in [7, 11) is 0. The average Bonchev–Trinajstić information content (AvgIpc) is 2.78. The maximum absolute atomic E-state index is 12.0. The molecule has 2 N–H and O–H groups in total. The molecular formula is C15H17ClN2O6. The van der Waals surface area contributed by atoms with Crippen LogP contribution in [-0.2, 0) is 9.53 Å². The number of benzene rings is 1. The van der Waals surface area contributed by atoms with Gasteiger partial charge in [0.05, 0.1) is 23.8 Å². The van der Waals surface area contributed by atoms with Crippen molar-refractivity contribution in [2.45, 2.75) is 13.3 Å². The topological polar surface area (TPSA) is 103 Å². The number of urea groups is 1. The van der Waals surface area contributed by atoms with Crippen LogP contribution in [0.2, 0.25) is 5.02 Å².